The van der Waals surface area contributed by atoms with Gasteiger partial charge in [-0.05, 0) is 47.5 Å². The summed E-state index contributed by atoms with van der Waals surface area (Å²) in [6.07, 6.45) is 4.00. The van der Waals surface area contributed by atoms with Gasteiger partial charge in [0.1, 0.15) is 11.5 Å². The first-order valence-corrected chi connectivity index (χ1v) is 9.32. The molecule has 1 aromatic heterocycles. The molecule has 0 fully saturated rings. The lowest BCUT2D eigenvalue weighted by atomic mass is 9.96. The minimum absolute atomic E-state index is 0.124. The van der Waals surface area contributed by atoms with E-state index < -0.39 is 0 Å². The van der Waals surface area contributed by atoms with Gasteiger partial charge in [0, 0.05) is 22.9 Å². The first-order valence-electron chi connectivity index (χ1n) is 8.44. The Kier molecular flexibility index (Phi) is 4.49. The second-order valence-electron chi connectivity index (χ2n) is 6.09. The molecular weight excluding hydrogens is 328 g/mol. The van der Waals surface area contributed by atoms with Crippen LogP contribution in [0.2, 0.25) is 0 Å². The Labute approximate surface area is 151 Å². The van der Waals surface area contributed by atoms with E-state index in [1.54, 1.807) is 17.4 Å². The normalized spacial score (nSPS) is 14.2. The Morgan fingerprint density at radius 2 is 1.84 bits per heavy atom. The zero-order valence-corrected chi connectivity index (χ0v) is 14.6. The van der Waals surface area contributed by atoms with Crippen molar-refractivity contribution in [1.29, 1.82) is 0 Å². The number of ketones is 1. The number of carbonyl (C=O) groups is 1. The van der Waals surface area contributed by atoms with Crippen LogP contribution in [0.4, 0.5) is 0 Å². The Hall–Kier alpha value is -2.65. The molecule has 3 aromatic rings. The number of hydrogen-bond donors (Lipinski definition) is 0. The van der Waals surface area contributed by atoms with Crippen LogP contribution in [0.15, 0.2) is 72.1 Å². The average Bonchev–Trinajstić information content (AvgIpc) is 3.15. The molecule has 2 aromatic carbocycles. The smallest absolute Gasteiger partial charge is 0.159 e. The van der Waals surface area contributed by atoms with Gasteiger partial charge in [0.2, 0.25) is 0 Å². The van der Waals surface area contributed by atoms with Crippen LogP contribution in [-0.2, 0) is 11.2 Å². The SMILES string of the molecule is O=C1C=C(Oc2cccc(-c3cccs3)c2)c2ccccc2CCC1. The first-order chi connectivity index (χ1) is 12.3. The van der Waals surface area contributed by atoms with Crippen LogP contribution in [0.3, 0.4) is 0 Å². The van der Waals surface area contributed by atoms with Crippen LogP contribution in [-0.4, -0.2) is 5.78 Å². The molecule has 1 aliphatic rings. The van der Waals surface area contributed by atoms with E-state index in [9.17, 15) is 4.79 Å². The van der Waals surface area contributed by atoms with Crippen molar-refractivity contribution in [3.8, 4) is 16.2 Å². The van der Waals surface area contributed by atoms with Gasteiger partial charge in [0.25, 0.3) is 0 Å². The maximum atomic E-state index is 12.1. The summed E-state index contributed by atoms with van der Waals surface area (Å²) in [6, 6.07) is 20.3. The summed E-state index contributed by atoms with van der Waals surface area (Å²) in [5.74, 6) is 1.52. The molecule has 0 spiro atoms. The van der Waals surface area contributed by atoms with E-state index in [0.717, 1.165) is 29.7 Å². The van der Waals surface area contributed by atoms with Gasteiger partial charge in [-0.1, -0.05) is 42.5 Å². The van der Waals surface area contributed by atoms with Gasteiger partial charge in [-0.2, -0.15) is 0 Å². The van der Waals surface area contributed by atoms with Crippen molar-refractivity contribution in [1.82, 2.24) is 0 Å². The van der Waals surface area contributed by atoms with Crippen LogP contribution in [0.5, 0.6) is 5.75 Å². The van der Waals surface area contributed by atoms with Crippen LogP contribution in [0, 0.1) is 0 Å². The van der Waals surface area contributed by atoms with Crippen molar-refractivity contribution in [3.63, 3.8) is 0 Å². The minimum Gasteiger partial charge on any atom is -0.457 e. The summed E-state index contributed by atoms with van der Waals surface area (Å²) in [4.78, 5) is 13.3. The molecule has 0 amide bonds. The van der Waals surface area contributed by atoms with Gasteiger partial charge < -0.3 is 4.74 Å². The molecule has 124 valence electrons. The van der Waals surface area contributed by atoms with E-state index in [0.29, 0.717) is 12.2 Å². The molecule has 25 heavy (non-hydrogen) atoms. The lowest BCUT2D eigenvalue weighted by Gasteiger charge is -2.17. The monoisotopic (exact) mass is 346 g/mol. The van der Waals surface area contributed by atoms with Crippen molar-refractivity contribution in [2.45, 2.75) is 19.3 Å². The number of aryl methyl sites for hydroxylation is 1. The summed E-state index contributed by atoms with van der Waals surface area (Å²) >= 11 is 1.70. The van der Waals surface area contributed by atoms with Crippen LogP contribution in [0.25, 0.3) is 16.2 Å². The van der Waals surface area contributed by atoms with Gasteiger partial charge >= 0.3 is 0 Å². The number of thiophene rings is 1. The first kappa shape index (κ1) is 15.9. The molecule has 0 atom stereocenters. The fraction of sp³-hybridized carbons (Fsp3) is 0.136. The highest BCUT2D eigenvalue weighted by Gasteiger charge is 2.15. The third kappa shape index (κ3) is 3.57. The summed E-state index contributed by atoms with van der Waals surface area (Å²) < 4.78 is 6.17. The van der Waals surface area contributed by atoms with Gasteiger partial charge in [-0.25, -0.2) is 0 Å². The molecule has 4 rings (SSSR count). The molecule has 0 unspecified atom stereocenters. The molecule has 0 radical (unpaired) electrons. The lowest BCUT2D eigenvalue weighted by molar-refractivity contribution is -0.114. The predicted octanol–water partition coefficient (Wildman–Crippen LogP) is 5.74. The Morgan fingerprint density at radius 3 is 2.72 bits per heavy atom. The Morgan fingerprint density at radius 1 is 0.920 bits per heavy atom. The molecule has 0 bridgehead atoms. The summed E-state index contributed by atoms with van der Waals surface area (Å²) in [7, 11) is 0. The lowest BCUT2D eigenvalue weighted by Crippen LogP contribution is -2.07. The fourth-order valence-corrected chi connectivity index (χ4v) is 3.82. The summed E-state index contributed by atoms with van der Waals surface area (Å²) in [5.41, 5.74) is 3.37. The molecule has 2 nitrogen and oxygen atoms in total. The highest BCUT2D eigenvalue weighted by Crippen LogP contribution is 2.31. The number of benzene rings is 2. The van der Waals surface area contributed by atoms with Crippen molar-refractivity contribution < 1.29 is 9.53 Å². The third-order valence-electron chi connectivity index (χ3n) is 4.31. The maximum Gasteiger partial charge on any atom is 0.159 e. The zero-order chi connectivity index (χ0) is 17.1. The molecule has 0 saturated heterocycles. The summed E-state index contributed by atoms with van der Waals surface area (Å²) in [6.45, 7) is 0. The third-order valence-corrected chi connectivity index (χ3v) is 5.23. The highest BCUT2D eigenvalue weighted by atomic mass is 32.1. The van der Waals surface area contributed by atoms with E-state index in [1.807, 2.05) is 42.5 Å². The van der Waals surface area contributed by atoms with Crippen molar-refractivity contribution >= 4 is 22.9 Å². The molecule has 0 N–H and O–H groups in total. The average molecular weight is 346 g/mol. The van der Waals surface area contributed by atoms with Crippen LogP contribution < -0.4 is 4.74 Å². The standard InChI is InChI=1S/C22H18O2S/c23-18-9-3-7-16-6-1-2-11-20(16)21(15-18)24-19-10-4-8-17(14-19)22-12-5-13-25-22/h1-2,4-6,8,10-15H,3,7,9H2. The molecule has 0 aliphatic heterocycles. The van der Waals surface area contributed by atoms with Gasteiger partial charge in [0.15, 0.2) is 5.78 Å². The van der Waals surface area contributed by atoms with Gasteiger partial charge in [-0.15, -0.1) is 11.3 Å². The molecule has 0 saturated carbocycles. The van der Waals surface area contributed by atoms with E-state index in [4.69, 9.17) is 4.74 Å². The van der Waals surface area contributed by atoms with Gasteiger partial charge in [0.05, 0.1) is 0 Å². The topological polar surface area (TPSA) is 26.3 Å². The van der Waals surface area contributed by atoms with E-state index in [-0.39, 0.29) is 5.78 Å². The number of carbonyl (C=O) groups excluding carboxylic acids is 1. The second-order valence-corrected chi connectivity index (χ2v) is 7.04. The second kappa shape index (κ2) is 7.08. The van der Waals surface area contributed by atoms with Gasteiger partial charge in [-0.3, -0.25) is 4.79 Å². The number of allylic oxidation sites excluding steroid dienone is 1. The van der Waals surface area contributed by atoms with E-state index >= 15 is 0 Å². The van der Waals surface area contributed by atoms with E-state index in [1.165, 1.54) is 10.4 Å². The predicted molar refractivity (Wildman–Crippen MR) is 103 cm³/mol. The number of ether oxygens (including phenoxy) is 1. The molecule has 1 heterocycles. The zero-order valence-electron chi connectivity index (χ0n) is 13.8. The number of rotatable bonds is 3. The minimum atomic E-state index is 0.124. The number of hydrogen-bond acceptors (Lipinski definition) is 3. The van der Waals surface area contributed by atoms with E-state index in [2.05, 4.69) is 23.6 Å². The molecule has 1 aliphatic carbocycles. The molecule has 3 heteroatoms. The quantitative estimate of drug-likeness (QED) is 0.604. The molecular formula is C22H18O2S. The van der Waals surface area contributed by atoms with Crippen LogP contribution in [0.1, 0.15) is 24.0 Å². The highest BCUT2D eigenvalue weighted by molar-refractivity contribution is 7.13. The Balaban J connectivity index is 1.70. The van der Waals surface area contributed by atoms with Crippen molar-refractivity contribution in [3.05, 3.63) is 83.2 Å². The van der Waals surface area contributed by atoms with Crippen LogP contribution >= 0.6 is 11.3 Å². The van der Waals surface area contributed by atoms with Crippen molar-refractivity contribution in [2.75, 3.05) is 0 Å². The largest absolute Gasteiger partial charge is 0.457 e. The number of fused-ring (bicyclic) bond motifs is 1. The fourth-order valence-electron chi connectivity index (χ4n) is 3.09. The summed E-state index contributed by atoms with van der Waals surface area (Å²) in [5, 5.41) is 2.06. The maximum absolute atomic E-state index is 12.1. The Bertz CT molecular complexity index is 923. The van der Waals surface area contributed by atoms with Crippen molar-refractivity contribution in [2.24, 2.45) is 0 Å².